The summed E-state index contributed by atoms with van der Waals surface area (Å²) < 4.78 is 224. The van der Waals surface area contributed by atoms with Crippen LogP contribution in [0.1, 0.15) is 39.0 Å². The molecule has 0 fully saturated rings. The molecule has 2 aromatic rings. The van der Waals surface area contributed by atoms with Crippen LogP contribution in [0.25, 0.3) is 11.4 Å². The van der Waals surface area contributed by atoms with E-state index in [2.05, 4.69) is 19.4 Å². The predicted molar refractivity (Wildman–Crippen MR) is 130 cm³/mol. The standard InChI is InChI=1S/C26H24F16N2O4/c1-2-3-4-5-6-16(27)13-45-18-11-43-19(44-12-18)15-7-9-17(10-8-15)46-14-20(28,29)47-25(39,40)26(41,42)48-24(37,38)22(32,33)21(30,31)23(34,35)36/h7-12,16H,2-6,13-14H2,1H3/t16-/m0/s1. The summed E-state index contributed by atoms with van der Waals surface area (Å²) in [5.41, 5.74) is 0.188. The zero-order chi connectivity index (χ0) is 36.8. The van der Waals surface area contributed by atoms with E-state index < -0.39 is 61.0 Å². The highest BCUT2D eigenvalue weighted by Gasteiger charge is 2.85. The molecule has 6 nitrogen and oxygen atoms in total. The molecule has 0 amide bonds. The molecule has 0 radical (unpaired) electrons. The Morgan fingerprint density at radius 3 is 1.69 bits per heavy atom. The SMILES string of the molecule is CCCCCC[C@H](F)COc1cnc(-c2ccc(OCC(F)(F)OC(F)(F)C(F)(F)OC(F)(F)C(F)(F)C(F)(F)C(F)(F)F)cc2)nc1. The van der Waals surface area contributed by atoms with Gasteiger partial charge in [-0.1, -0.05) is 32.6 Å². The molecule has 274 valence electrons. The topological polar surface area (TPSA) is 62.7 Å². The first-order valence-corrected chi connectivity index (χ1v) is 13.3. The molecule has 0 unspecified atom stereocenters. The molecule has 0 saturated carbocycles. The van der Waals surface area contributed by atoms with Crippen LogP contribution in [0.15, 0.2) is 36.7 Å². The fourth-order valence-electron chi connectivity index (χ4n) is 3.39. The maximum Gasteiger partial charge on any atom is 0.460 e. The van der Waals surface area contributed by atoms with Gasteiger partial charge >= 0.3 is 42.5 Å². The van der Waals surface area contributed by atoms with Crippen molar-refractivity contribution >= 4 is 0 Å². The third kappa shape index (κ3) is 10.1. The summed E-state index contributed by atoms with van der Waals surface area (Å²) in [5.74, 6) is -16.2. The number of ether oxygens (including phenoxy) is 4. The van der Waals surface area contributed by atoms with E-state index in [1.165, 1.54) is 12.4 Å². The number of halogens is 16. The van der Waals surface area contributed by atoms with Crippen molar-refractivity contribution < 1.29 is 89.2 Å². The second-order valence-electron chi connectivity index (χ2n) is 9.85. The van der Waals surface area contributed by atoms with Gasteiger partial charge in [-0.25, -0.2) is 23.8 Å². The van der Waals surface area contributed by atoms with Crippen molar-refractivity contribution in [2.24, 2.45) is 0 Å². The smallest absolute Gasteiger partial charge is 0.460 e. The number of hydrogen-bond donors (Lipinski definition) is 0. The predicted octanol–water partition coefficient (Wildman–Crippen LogP) is 9.45. The molecule has 1 aromatic heterocycles. The van der Waals surface area contributed by atoms with Gasteiger partial charge in [-0.15, -0.1) is 0 Å². The molecule has 0 spiro atoms. The van der Waals surface area contributed by atoms with E-state index in [0.29, 0.717) is 12.8 Å². The van der Waals surface area contributed by atoms with Crippen LogP contribution in [-0.4, -0.2) is 71.8 Å². The Bertz CT molecular complexity index is 1290. The normalized spacial score (nSPS) is 14.6. The van der Waals surface area contributed by atoms with Crippen LogP contribution < -0.4 is 9.47 Å². The Labute approximate surface area is 260 Å². The van der Waals surface area contributed by atoms with E-state index in [1.54, 1.807) is 4.74 Å². The molecule has 22 heteroatoms. The molecular weight excluding hydrogens is 708 g/mol. The molecule has 1 heterocycles. The van der Waals surface area contributed by atoms with Gasteiger partial charge in [0, 0.05) is 5.56 Å². The third-order valence-corrected chi connectivity index (χ3v) is 5.94. The summed E-state index contributed by atoms with van der Waals surface area (Å²) in [6.07, 6.45) is -30.3. The van der Waals surface area contributed by atoms with Crippen LogP contribution in [0.3, 0.4) is 0 Å². The van der Waals surface area contributed by atoms with E-state index in [1.807, 2.05) is 6.92 Å². The lowest BCUT2D eigenvalue weighted by Crippen LogP contribution is -2.64. The monoisotopic (exact) mass is 732 g/mol. The fourth-order valence-corrected chi connectivity index (χ4v) is 3.39. The highest BCUT2D eigenvalue weighted by Crippen LogP contribution is 2.56. The minimum Gasteiger partial charge on any atom is -0.487 e. The summed E-state index contributed by atoms with van der Waals surface area (Å²) in [7, 11) is 0. The fraction of sp³-hybridized carbons (Fsp3) is 0.615. The molecule has 1 atom stereocenters. The number of hydrogen-bond acceptors (Lipinski definition) is 6. The number of rotatable bonds is 19. The summed E-state index contributed by atoms with van der Waals surface area (Å²) in [5, 5.41) is 0. The van der Waals surface area contributed by atoms with Gasteiger partial charge in [-0.05, 0) is 30.7 Å². The average molecular weight is 732 g/mol. The van der Waals surface area contributed by atoms with Crippen molar-refractivity contribution in [3.05, 3.63) is 36.7 Å². The lowest BCUT2D eigenvalue weighted by molar-refractivity contribution is -0.542. The lowest BCUT2D eigenvalue weighted by Gasteiger charge is -2.36. The Balaban J connectivity index is 2.00. The maximum absolute atomic E-state index is 13.9. The van der Waals surface area contributed by atoms with Crippen molar-refractivity contribution in [1.29, 1.82) is 0 Å². The van der Waals surface area contributed by atoms with Crippen LogP contribution in [0.2, 0.25) is 0 Å². The van der Waals surface area contributed by atoms with Crippen molar-refractivity contribution in [1.82, 2.24) is 9.97 Å². The molecule has 0 aliphatic carbocycles. The molecule has 2 rings (SSSR count). The summed E-state index contributed by atoms with van der Waals surface area (Å²) >= 11 is 0. The van der Waals surface area contributed by atoms with Gasteiger partial charge in [0.1, 0.15) is 18.5 Å². The molecule has 0 N–H and O–H groups in total. The first kappa shape index (κ1) is 40.9. The van der Waals surface area contributed by atoms with Gasteiger partial charge in [0.15, 0.2) is 18.2 Å². The van der Waals surface area contributed by atoms with E-state index in [0.717, 1.165) is 43.5 Å². The van der Waals surface area contributed by atoms with Gasteiger partial charge in [-0.2, -0.15) is 65.9 Å². The van der Waals surface area contributed by atoms with Crippen LogP contribution in [0.5, 0.6) is 11.5 Å². The van der Waals surface area contributed by atoms with E-state index in [9.17, 15) is 70.2 Å². The van der Waals surface area contributed by atoms with E-state index in [4.69, 9.17) is 4.74 Å². The van der Waals surface area contributed by atoms with Gasteiger partial charge in [-0.3, -0.25) is 0 Å². The Kier molecular flexibility index (Phi) is 12.8. The van der Waals surface area contributed by atoms with E-state index in [-0.39, 0.29) is 23.7 Å². The first-order chi connectivity index (χ1) is 21.8. The van der Waals surface area contributed by atoms with E-state index >= 15 is 0 Å². The zero-order valence-electron chi connectivity index (χ0n) is 24.1. The Morgan fingerprint density at radius 2 is 1.17 bits per heavy atom. The van der Waals surface area contributed by atoms with Crippen molar-refractivity contribution in [2.45, 2.75) is 87.7 Å². The Morgan fingerprint density at radius 1 is 0.625 bits per heavy atom. The summed E-state index contributed by atoms with van der Waals surface area (Å²) in [6, 6.07) is 4.02. The third-order valence-electron chi connectivity index (χ3n) is 5.94. The number of benzene rings is 1. The van der Waals surface area contributed by atoms with Gasteiger partial charge in [0.05, 0.1) is 12.4 Å². The second-order valence-corrected chi connectivity index (χ2v) is 9.85. The molecule has 48 heavy (non-hydrogen) atoms. The van der Waals surface area contributed by atoms with Crippen molar-refractivity contribution in [3.8, 4) is 22.9 Å². The largest absolute Gasteiger partial charge is 0.487 e. The molecule has 0 aliphatic rings. The summed E-state index contributed by atoms with van der Waals surface area (Å²) in [6.45, 7) is -0.643. The zero-order valence-corrected chi connectivity index (χ0v) is 24.1. The second kappa shape index (κ2) is 15.1. The van der Waals surface area contributed by atoms with Gasteiger partial charge < -0.3 is 9.47 Å². The van der Waals surface area contributed by atoms with Crippen LogP contribution >= 0.6 is 0 Å². The molecule has 1 aromatic carbocycles. The van der Waals surface area contributed by atoms with Gasteiger partial charge in [0.25, 0.3) is 0 Å². The van der Waals surface area contributed by atoms with Crippen molar-refractivity contribution in [2.75, 3.05) is 13.2 Å². The van der Waals surface area contributed by atoms with Gasteiger partial charge in [0.2, 0.25) is 0 Å². The number of nitrogens with zero attached hydrogens (tertiary/aromatic N) is 2. The lowest BCUT2D eigenvalue weighted by atomic mass is 10.1. The minimum absolute atomic E-state index is 0.0103. The molecule has 0 aliphatic heterocycles. The quantitative estimate of drug-likeness (QED) is 0.106. The molecule has 0 saturated heterocycles. The maximum atomic E-state index is 13.9. The highest BCUT2D eigenvalue weighted by molar-refractivity contribution is 5.56. The average Bonchev–Trinajstić information content (AvgIpc) is 2.96. The highest BCUT2D eigenvalue weighted by atomic mass is 19.4. The number of aromatic nitrogens is 2. The minimum atomic E-state index is -7.94. The van der Waals surface area contributed by atoms with Crippen LogP contribution in [0, 0.1) is 0 Å². The summed E-state index contributed by atoms with van der Waals surface area (Å²) in [4.78, 5) is 7.91. The first-order valence-electron chi connectivity index (χ1n) is 13.3. The number of alkyl halides is 16. The Hall–Kier alpha value is -3.30. The number of unbranched alkanes of at least 4 members (excludes halogenated alkanes) is 3. The molecule has 0 bridgehead atoms. The van der Waals surface area contributed by atoms with Crippen LogP contribution in [-0.2, 0) is 9.47 Å². The van der Waals surface area contributed by atoms with Crippen molar-refractivity contribution in [3.63, 3.8) is 0 Å². The molecular formula is C26H24F16N2O4. The van der Waals surface area contributed by atoms with Crippen LogP contribution in [0.4, 0.5) is 70.2 Å².